The van der Waals surface area contributed by atoms with Gasteiger partial charge in [-0.15, -0.1) is 0 Å². The summed E-state index contributed by atoms with van der Waals surface area (Å²) in [6, 6.07) is 3.08. The van der Waals surface area contributed by atoms with E-state index >= 15 is 0 Å². The van der Waals surface area contributed by atoms with Crippen molar-refractivity contribution >= 4 is 11.9 Å². The molecule has 0 aromatic heterocycles. The zero-order valence-corrected chi connectivity index (χ0v) is 11.1. The minimum atomic E-state index is -1.04. The van der Waals surface area contributed by atoms with Gasteiger partial charge in [0.1, 0.15) is 0 Å². The molecule has 0 atom stereocenters. The quantitative estimate of drug-likeness (QED) is 0.780. The number of hydrogen-bond donors (Lipinski definition) is 0. The number of ether oxygens (including phenoxy) is 1. The third-order valence-electron chi connectivity index (χ3n) is 3.48. The van der Waals surface area contributed by atoms with Crippen molar-refractivity contribution in [3.8, 4) is 0 Å². The fourth-order valence-electron chi connectivity index (χ4n) is 2.30. The van der Waals surface area contributed by atoms with E-state index in [1.165, 1.54) is 18.1 Å². The molecule has 1 aromatic rings. The Hall–Kier alpha value is -1.98. The number of hydrogen-bond acceptors (Lipinski definition) is 3. The van der Waals surface area contributed by atoms with Gasteiger partial charge in [0.05, 0.1) is 13.0 Å². The van der Waals surface area contributed by atoms with Crippen molar-refractivity contribution in [2.45, 2.75) is 12.8 Å². The van der Waals surface area contributed by atoms with Crippen LogP contribution in [0.5, 0.6) is 0 Å². The summed E-state index contributed by atoms with van der Waals surface area (Å²) in [5.41, 5.74) is 0.111. The predicted octanol–water partition coefficient (Wildman–Crippen LogP) is 1.99. The van der Waals surface area contributed by atoms with Gasteiger partial charge in [0, 0.05) is 18.7 Å². The van der Waals surface area contributed by atoms with Gasteiger partial charge in [-0.3, -0.25) is 9.59 Å². The van der Waals surface area contributed by atoms with Crippen molar-refractivity contribution in [3.63, 3.8) is 0 Å². The van der Waals surface area contributed by atoms with E-state index in [4.69, 9.17) is 0 Å². The van der Waals surface area contributed by atoms with Crippen LogP contribution in [0, 0.1) is 17.6 Å². The molecule has 1 heterocycles. The van der Waals surface area contributed by atoms with E-state index < -0.39 is 11.6 Å². The highest BCUT2D eigenvalue weighted by atomic mass is 19.2. The molecule has 0 saturated carbocycles. The van der Waals surface area contributed by atoms with Crippen molar-refractivity contribution < 1.29 is 23.1 Å². The lowest BCUT2D eigenvalue weighted by Crippen LogP contribution is -2.40. The van der Waals surface area contributed by atoms with Gasteiger partial charge in [0.15, 0.2) is 11.6 Å². The largest absolute Gasteiger partial charge is 0.469 e. The number of carbonyl (C=O) groups excluding carboxylic acids is 2. The number of piperidine rings is 1. The molecule has 1 fully saturated rings. The zero-order valence-electron chi connectivity index (χ0n) is 11.1. The normalized spacial score (nSPS) is 16.1. The molecule has 2 rings (SSSR count). The van der Waals surface area contributed by atoms with E-state index in [1.54, 1.807) is 0 Å². The molecule has 0 bridgehead atoms. The van der Waals surface area contributed by atoms with Gasteiger partial charge in [-0.2, -0.15) is 0 Å². The van der Waals surface area contributed by atoms with E-state index in [-0.39, 0.29) is 23.4 Å². The average Bonchev–Trinajstić information content (AvgIpc) is 2.48. The molecule has 4 nitrogen and oxygen atoms in total. The van der Waals surface area contributed by atoms with E-state index in [1.807, 2.05) is 0 Å². The van der Waals surface area contributed by atoms with Gasteiger partial charge in [0.2, 0.25) is 0 Å². The summed E-state index contributed by atoms with van der Waals surface area (Å²) in [6.45, 7) is 0.801. The van der Waals surface area contributed by atoms with Crippen molar-refractivity contribution in [1.29, 1.82) is 0 Å². The molecule has 1 amide bonds. The highest BCUT2D eigenvalue weighted by Crippen LogP contribution is 2.20. The summed E-state index contributed by atoms with van der Waals surface area (Å²) in [7, 11) is 1.33. The van der Waals surface area contributed by atoms with Crippen LogP contribution in [0.1, 0.15) is 23.2 Å². The summed E-state index contributed by atoms with van der Waals surface area (Å²) >= 11 is 0. The van der Waals surface area contributed by atoms with Crippen LogP contribution in [-0.4, -0.2) is 37.0 Å². The van der Waals surface area contributed by atoms with Crippen LogP contribution in [0.4, 0.5) is 8.78 Å². The first-order valence-corrected chi connectivity index (χ1v) is 6.35. The van der Waals surface area contributed by atoms with Gasteiger partial charge >= 0.3 is 5.97 Å². The number of halogens is 2. The summed E-state index contributed by atoms with van der Waals surface area (Å²) in [5.74, 6) is -2.85. The molecule has 0 unspecified atom stereocenters. The molecule has 20 heavy (non-hydrogen) atoms. The molecular formula is C14H15F2NO3. The fourth-order valence-corrected chi connectivity index (χ4v) is 2.30. The second kappa shape index (κ2) is 5.98. The molecule has 6 heteroatoms. The van der Waals surface area contributed by atoms with Crippen LogP contribution >= 0.6 is 0 Å². The van der Waals surface area contributed by atoms with Crippen molar-refractivity contribution in [2.75, 3.05) is 20.2 Å². The van der Waals surface area contributed by atoms with E-state index in [0.717, 1.165) is 12.1 Å². The first-order chi connectivity index (χ1) is 9.52. The lowest BCUT2D eigenvalue weighted by molar-refractivity contribution is -0.146. The Morgan fingerprint density at radius 3 is 2.40 bits per heavy atom. The molecule has 1 aromatic carbocycles. The predicted molar refractivity (Wildman–Crippen MR) is 67.0 cm³/mol. The van der Waals surface area contributed by atoms with Gasteiger partial charge < -0.3 is 9.64 Å². The zero-order chi connectivity index (χ0) is 14.7. The molecular weight excluding hydrogens is 268 g/mol. The first kappa shape index (κ1) is 14.4. The highest BCUT2D eigenvalue weighted by Gasteiger charge is 2.28. The number of nitrogens with zero attached hydrogens (tertiary/aromatic N) is 1. The molecule has 0 radical (unpaired) electrons. The second-order valence-electron chi connectivity index (χ2n) is 4.72. The van der Waals surface area contributed by atoms with E-state index in [2.05, 4.69) is 4.74 Å². The molecule has 0 N–H and O–H groups in total. The molecule has 0 aliphatic carbocycles. The summed E-state index contributed by atoms with van der Waals surface area (Å²) in [6.07, 6.45) is 1.03. The Kier molecular flexibility index (Phi) is 4.32. The second-order valence-corrected chi connectivity index (χ2v) is 4.72. The average molecular weight is 283 g/mol. The lowest BCUT2D eigenvalue weighted by atomic mass is 9.96. The Morgan fingerprint density at radius 1 is 1.20 bits per heavy atom. The third-order valence-corrected chi connectivity index (χ3v) is 3.48. The van der Waals surface area contributed by atoms with Crippen LogP contribution < -0.4 is 0 Å². The Morgan fingerprint density at radius 2 is 1.85 bits per heavy atom. The Balaban J connectivity index is 2.01. The number of esters is 1. The van der Waals surface area contributed by atoms with Crippen molar-refractivity contribution in [1.82, 2.24) is 4.90 Å². The molecule has 1 aliphatic heterocycles. The molecule has 1 aliphatic rings. The maximum absolute atomic E-state index is 13.1. The smallest absolute Gasteiger partial charge is 0.308 e. The first-order valence-electron chi connectivity index (χ1n) is 6.35. The monoisotopic (exact) mass is 283 g/mol. The fraction of sp³-hybridized carbons (Fsp3) is 0.429. The van der Waals surface area contributed by atoms with Gasteiger partial charge in [-0.25, -0.2) is 8.78 Å². The van der Waals surface area contributed by atoms with Crippen LogP contribution in [0.15, 0.2) is 18.2 Å². The van der Waals surface area contributed by atoms with E-state index in [9.17, 15) is 18.4 Å². The van der Waals surface area contributed by atoms with E-state index in [0.29, 0.717) is 25.9 Å². The maximum atomic E-state index is 13.1. The number of amides is 1. The number of benzene rings is 1. The van der Waals surface area contributed by atoms with Crippen LogP contribution in [0.2, 0.25) is 0 Å². The minimum absolute atomic E-state index is 0.111. The summed E-state index contributed by atoms with van der Waals surface area (Å²) < 4.78 is 30.6. The summed E-state index contributed by atoms with van der Waals surface area (Å²) in [5, 5.41) is 0. The van der Waals surface area contributed by atoms with Crippen LogP contribution in [-0.2, 0) is 9.53 Å². The van der Waals surface area contributed by atoms with Crippen LogP contribution in [0.25, 0.3) is 0 Å². The minimum Gasteiger partial charge on any atom is -0.469 e. The van der Waals surface area contributed by atoms with Gasteiger partial charge in [0.25, 0.3) is 5.91 Å². The SMILES string of the molecule is COC(=O)C1CCN(C(=O)c2ccc(F)c(F)c2)CC1. The van der Waals surface area contributed by atoms with Gasteiger partial charge in [-0.05, 0) is 31.0 Å². The maximum Gasteiger partial charge on any atom is 0.308 e. The number of methoxy groups -OCH3 is 1. The number of rotatable bonds is 2. The van der Waals surface area contributed by atoms with Crippen LogP contribution in [0.3, 0.4) is 0 Å². The topological polar surface area (TPSA) is 46.6 Å². The number of likely N-dealkylation sites (tertiary alicyclic amines) is 1. The molecule has 1 saturated heterocycles. The Labute approximate surface area is 115 Å². The Bertz CT molecular complexity index is 525. The third kappa shape index (κ3) is 2.95. The standard InChI is InChI=1S/C14H15F2NO3/c1-20-14(19)9-4-6-17(7-5-9)13(18)10-2-3-11(15)12(16)8-10/h2-3,8-9H,4-7H2,1H3. The number of carbonyl (C=O) groups is 2. The lowest BCUT2D eigenvalue weighted by Gasteiger charge is -2.30. The molecule has 0 spiro atoms. The van der Waals surface area contributed by atoms with Gasteiger partial charge in [-0.1, -0.05) is 0 Å². The molecule has 108 valence electrons. The van der Waals surface area contributed by atoms with Crippen molar-refractivity contribution in [3.05, 3.63) is 35.4 Å². The summed E-state index contributed by atoms with van der Waals surface area (Å²) in [4.78, 5) is 25.0. The van der Waals surface area contributed by atoms with Crippen molar-refractivity contribution in [2.24, 2.45) is 5.92 Å². The highest BCUT2D eigenvalue weighted by molar-refractivity contribution is 5.94.